The molecule has 1 heterocycles. The van der Waals surface area contributed by atoms with E-state index in [1.807, 2.05) is 0 Å². The van der Waals surface area contributed by atoms with Gasteiger partial charge in [0.05, 0.1) is 0 Å². The van der Waals surface area contributed by atoms with Gasteiger partial charge in [-0.25, -0.2) is 0 Å². The molecule has 2 nitrogen and oxygen atoms in total. The van der Waals surface area contributed by atoms with Gasteiger partial charge in [-0.3, -0.25) is 0 Å². The molecule has 0 aromatic rings. The second-order valence-electron chi connectivity index (χ2n) is 10.00. The summed E-state index contributed by atoms with van der Waals surface area (Å²) < 4.78 is 0. The molecule has 0 aromatic heterocycles. The predicted molar refractivity (Wildman–Crippen MR) is 140 cm³/mol. The van der Waals surface area contributed by atoms with Crippen molar-refractivity contribution in [1.82, 2.24) is 9.80 Å². The monoisotopic (exact) mass is 434 g/mol. The average Bonchev–Trinajstić information content (AvgIpc) is 3.18. The van der Waals surface area contributed by atoms with E-state index >= 15 is 0 Å². The first kappa shape index (κ1) is 28.4. The third-order valence-electron chi connectivity index (χ3n) is 7.17. The van der Waals surface area contributed by atoms with Crippen LogP contribution in [0.5, 0.6) is 0 Å². The normalized spacial score (nSPS) is 16.0. The molecule has 0 bridgehead atoms. The van der Waals surface area contributed by atoms with Crippen LogP contribution in [0.25, 0.3) is 0 Å². The minimum atomic E-state index is 0.637. The summed E-state index contributed by atoms with van der Waals surface area (Å²) in [5, 5.41) is 0. The Hall–Kier alpha value is -0.660. The Morgan fingerprint density at radius 1 is 0.452 bits per heavy atom. The molecule has 0 saturated heterocycles. The van der Waals surface area contributed by atoms with Crippen molar-refractivity contribution < 1.29 is 0 Å². The van der Waals surface area contributed by atoms with Gasteiger partial charge in [-0.15, -0.1) is 0 Å². The van der Waals surface area contributed by atoms with Gasteiger partial charge in [0, 0.05) is 25.5 Å². The lowest BCUT2D eigenvalue weighted by Gasteiger charge is -2.32. The molecule has 0 N–H and O–H groups in total. The summed E-state index contributed by atoms with van der Waals surface area (Å²) in [6, 6.07) is 0. The van der Waals surface area contributed by atoms with Gasteiger partial charge in [-0.2, -0.15) is 0 Å². The molecule has 0 aliphatic carbocycles. The number of rotatable bonds is 23. The molecule has 184 valence electrons. The third kappa shape index (κ3) is 14.9. The minimum Gasteiger partial charge on any atom is -0.356 e. The van der Waals surface area contributed by atoms with Crippen LogP contribution in [-0.2, 0) is 0 Å². The summed E-state index contributed by atoms with van der Waals surface area (Å²) in [5.74, 6) is 0. The fourth-order valence-corrected chi connectivity index (χ4v) is 5.03. The SMILES string of the molecule is CCCCCCCCCCCCCC1N(CC)C=CN1CCCCCCCCCCC. The van der Waals surface area contributed by atoms with E-state index in [1.165, 1.54) is 141 Å². The Kier molecular flexibility index (Phi) is 19.4. The van der Waals surface area contributed by atoms with Crippen molar-refractivity contribution in [2.24, 2.45) is 0 Å². The van der Waals surface area contributed by atoms with Crippen LogP contribution in [-0.4, -0.2) is 29.1 Å². The Labute approximate surface area is 197 Å². The van der Waals surface area contributed by atoms with E-state index in [0.717, 1.165) is 6.54 Å². The zero-order valence-electron chi connectivity index (χ0n) is 21.9. The molecule has 31 heavy (non-hydrogen) atoms. The quantitative estimate of drug-likeness (QED) is 0.148. The average molecular weight is 435 g/mol. The van der Waals surface area contributed by atoms with Crippen molar-refractivity contribution in [3.05, 3.63) is 12.4 Å². The van der Waals surface area contributed by atoms with Crippen molar-refractivity contribution in [2.75, 3.05) is 13.1 Å². The van der Waals surface area contributed by atoms with Crippen molar-refractivity contribution in [3.8, 4) is 0 Å². The number of unbranched alkanes of at least 4 members (excludes halogenated alkanes) is 18. The zero-order chi connectivity index (χ0) is 22.4. The standard InChI is InChI=1S/C29H58N2/c1-4-7-9-11-13-15-16-17-19-21-23-25-29-30(6-3)27-28-31(29)26-24-22-20-18-14-12-10-8-5-2/h27-29H,4-26H2,1-3H3. The van der Waals surface area contributed by atoms with Crippen LogP contribution in [0, 0.1) is 0 Å². The predicted octanol–water partition coefficient (Wildman–Crippen LogP) is 9.65. The number of hydrogen-bond donors (Lipinski definition) is 0. The van der Waals surface area contributed by atoms with Crippen molar-refractivity contribution in [2.45, 2.75) is 162 Å². The van der Waals surface area contributed by atoms with Crippen LogP contribution in [0.1, 0.15) is 156 Å². The zero-order valence-corrected chi connectivity index (χ0v) is 21.9. The summed E-state index contributed by atoms with van der Waals surface area (Å²) >= 11 is 0. The first-order valence-corrected chi connectivity index (χ1v) is 14.5. The van der Waals surface area contributed by atoms with E-state index < -0.39 is 0 Å². The molecule has 2 heteroatoms. The van der Waals surface area contributed by atoms with Gasteiger partial charge in [0.15, 0.2) is 0 Å². The van der Waals surface area contributed by atoms with E-state index in [-0.39, 0.29) is 0 Å². The van der Waals surface area contributed by atoms with E-state index in [1.54, 1.807) is 0 Å². The minimum absolute atomic E-state index is 0.637. The van der Waals surface area contributed by atoms with Gasteiger partial charge >= 0.3 is 0 Å². The third-order valence-corrected chi connectivity index (χ3v) is 7.17. The van der Waals surface area contributed by atoms with Gasteiger partial charge < -0.3 is 9.80 Å². The summed E-state index contributed by atoms with van der Waals surface area (Å²) in [5.41, 5.74) is 0. The van der Waals surface area contributed by atoms with E-state index in [2.05, 4.69) is 43.0 Å². The van der Waals surface area contributed by atoms with Crippen LogP contribution in [0.3, 0.4) is 0 Å². The van der Waals surface area contributed by atoms with Crippen LogP contribution < -0.4 is 0 Å². The van der Waals surface area contributed by atoms with Crippen molar-refractivity contribution in [1.29, 1.82) is 0 Å². The number of nitrogens with zero attached hydrogens (tertiary/aromatic N) is 2. The Morgan fingerprint density at radius 2 is 0.839 bits per heavy atom. The largest absolute Gasteiger partial charge is 0.356 e. The van der Waals surface area contributed by atoms with Gasteiger partial charge in [-0.1, -0.05) is 129 Å². The first-order valence-electron chi connectivity index (χ1n) is 14.5. The van der Waals surface area contributed by atoms with E-state index in [4.69, 9.17) is 0 Å². The molecule has 1 aliphatic heterocycles. The molecule has 1 rings (SSSR count). The Bertz CT molecular complexity index is 392. The van der Waals surface area contributed by atoms with Crippen LogP contribution in [0.4, 0.5) is 0 Å². The topological polar surface area (TPSA) is 6.48 Å². The lowest BCUT2D eigenvalue weighted by Crippen LogP contribution is -2.38. The molecule has 0 spiro atoms. The van der Waals surface area contributed by atoms with Crippen LogP contribution in [0.15, 0.2) is 12.4 Å². The van der Waals surface area contributed by atoms with Gasteiger partial charge in [0.1, 0.15) is 6.17 Å². The van der Waals surface area contributed by atoms with E-state index in [0.29, 0.717) is 6.17 Å². The molecular weight excluding hydrogens is 376 g/mol. The maximum absolute atomic E-state index is 2.64. The highest BCUT2D eigenvalue weighted by atomic mass is 15.4. The summed E-state index contributed by atoms with van der Waals surface area (Å²) in [4.78, 5) is 5.20. The fraction of sp³-hybridized carbons (Fsp3) is 0.931. The molecule has 0 fully saturated rings. The molecule has 1 aliphatic rings. The highest BCUT2D eigenvalue weighted by molar-refractivity contribution is 4.96. The summed E-state index contributed by atoms with van der Waals surface area (Å²) in [6.45, 7) is 9.31. The van der Waals surface area contributed by atoms with Crippen LogP contribution in [0.2, 0.25) is 0 Å². The molecule has 0 radical (unpaired) electrons. The highest BCUT2D eigenvalue weighted by Crippen LogP contribution is 2.22. The van der Waals surface area contributed by atoms with Gasteiger partial charge in [-0.05, 0) is 26.2 Å². The molecule has 0 saturated carbocycles. The summed E-state index contributed by atoms with van der Waals surface area (Å²) in [7, 11) is 0. The molecule has 0 amide bonds. The number of hydrogen-bond acceptors (Lipinski definition) is 2. The lowest BCUT2D eigenvalue weighted by molar-refractivity contribution is 0.142. The van der Waals surface area contributed by atoms with Gasteiger partial charge in [0.2, 0.25) is 0 Å². The van der Waals surface area contributed by atoms with Crippen molar-refractivity contribution in [3.63, 3.8) is 0 Å². The van der Waals surface area contributed by atoms with E-state index in [9.17, 15) is 0 Å². The molecule has 1 unspecified atom stereocenters. The molecular formula is C29H58N2. The second kappa shape index (κ2) is 21.2. The van der Waals surface area contributed by atoms with Gasteiger partial charge in [0.25, 0.3) is 0 Å². The summed E-state index contributed by atoms with van der Waals surface area (Å²) in [6.07, 6.45) is 35.3. The highest BCUT2D eigenvalue weighted by Gasteiger charge is 2.23. The van der Waals surface area contributed by atoms with Crippen molar-refractivity contribution >= 4 is 0 Å². The lowest BCUT2D eigenvalue weighted by atomic mass is 10.0. The molecule has 0 aromatic carbocycles. The maximum Gasteiger partial charge on any atom is 0.101 e. The first-order chi connectivity index (χ1) is 15.3. The smallest absolute Gasteiger partial charge is 0.101 e. The molecule has 1 atom stereocenters. The Morgan fingerprint density at radius 3 is 1.29 bits per heavy atom. The fourth-order valence-electron chi connectivity index (χ4n) is 5.03. The second-order valence-corrected chi connectivity index (χ2v) is 10.00. The maximum atomic E-state index is 2.64. The Balaban J connectivity index is 2.02. The van der Waals surface area contributed by atoms with Crippen LogP contribution >= 0.6 is 0 Å².